The molecule has 0 saturated carbocycles. The van der Waals surface area contributed by atoms with Crippen LogP contribution in [0.5, 0.6) is 0 Å². The average molecular weight is 410 g/mol. The van der Waals surface area contributed by atoms with Crippen LogP contribution < -0.4 is 5.32 Å². The van der Waals surface area contributed by atoms with Gasteiger partial charge in [0.2, 0.25) is 0 Å². The largest absolute Gasteiger partial charge is 0.449 e. The molecule has 2 aromatic carbocycles. The minimum absolute atomic E-state index is 0.00484. The zero-order chi connectivity index (χ0) is 20.2. The number of aliphatic hydroxyl groups excluding tert-OH is 2. The number of hydrogen-bond donors (Lipinski definition) is 3. The van der Waals surface area contributed by atoms with E-state index >= 15 is 0 Å². The van der Waals surface area contributed by atoms with Crippen LogP contribution in [0.15, 0.2) is 59.4 Å². The molecule has 4 rings (SSSR count). The van der Waals surface area contributed by atoms with Gasteiger partial charge in [0.05, 0.1) is 17.3 Å². The quantitative estimate of drug-likeness (QED) is 0.555. The summed E-state index contributed by atoms with van der Waals surface area (Å²) in [4.78, 5) is 16.1. The van der Waals surface area contributed by atoms with Gasteiger partial charge >= 0.3 is 6.09 Å². The molecule has 1 aromatic heterocycles. The number of hydrogen-bond acceptors (Lipinski definition) is 6. The molecule has 29 heavy (non-hydrogen) atoms. The first-order valence-corrected chi connectivity index (χ1v) is 10.4. The molecule has 0 saturated heterocycles. The summed E-state index contributed by atoms with van der Waals surface area (Å²) in [6.45, 7) is 0.433. The van der Waals surface area contributed by atoms with Crippen molar-refractivity contribution in [3.8, 4) is 11.1 Å². The van der Waals surface area contributed by atoms with Gasteiger partial charge in [0.1, 0.15) is 12.7 Å². The number of amides is 1. The topological polar surface area (TPSA) is 91.7 Å². The Bertz CT molecular complexity index is 931. The van der Waals surface area contributed by atoms with Crippen LogP contribution in [0.2, 0.25) is 0 Å². The number of nitrogens with one attached hydrogen (secondary N) is 1. The van der Waals surface area contributed by atoms with Crippen molar-refractivity contribution in [1.29, 1.82) is 0 Å². The van der Waals surface area contributed by atoms with Gasteiger partial charge in [-0.2, -0.15) is 0 Å². The maximum absolute atomic E-state index is 12.1. The van der Waals surface area contributed by atoms with Gasteiger partial charge < -0.3 is 20.3 Å². The van der Waals surface area contributed by atoms with Gasteiger partial charge in [0.25, 0.3) is 0 Å². The average Bonchev–Trinajstić information content (AvgIpc) is 3.38. The first-order chi connectivity index (χ1) is 14.1. The number of carbonyl (C=O) groups excluding carboxylic acids is 1. The zero-order valence-corrected chi connectivity index (χ0v) is 16.5. The molecule has 1 aliphatic carbocycles. The van der Waals surface area contributed by atoms with Crippen molar-refractivity contribution in [3.05, 3.63) is 76.2 Å². The van der Waals surface area contributed by atoms with Crippen LogP contribution in [0.4, 0.5) is 4.79 Å². The molecule has 1 amide bonds. The van der Waals surface area contributed by atoms with Crippen molar-refractivity contribution in [2.24, 2.45) is 0 Å². The second-order valence-corrected chi connectivity index (χ2v) is 7.69. The van der Waals surface area contributed by atoms with E-state index in [1.165, 1.54) is 22.5 Å². The number of rotatable bonds is 7. The second kappa shape index (κ2) is 8.73. The van der Waals surface area contributed by atoms with Crippen molar-refractivity contribution < 1.29 is 19.7 Å². The Morgan fingerprint density at radius 1 is 1.10 bits per heavy atom. The van der Waals surface area contributed by atoms with Gasteiger partial charge in [0.15, 0.2) is 0 Å². The summed E-state index contributed by atoms with van der Waals surface area (Å²) in [5.41, 5.74) is 6.70. The third kappa shape index (κ3) is 4.17. The first-order valence-electron chi connectivity index (χ1n) is 9.48. The van der Waals surface area contributed by atoms with Crippen LogP contribution in [0.1, 0.15) is 35.3 Å². The van der Waals surface area contributed by atoms with Gasteiger partial charge in [-0.1, -0.05) is 48.5 Å². The molecule has 0 bridgehead atoms. The lowest BCUT2D eigenvalue weighted by Crippen LogP contribution is -2.30. The zero-order valence-electron chi connectivity index (χ0n) is 15.7. The molecular formula is C22H22N2O4S. The number of fused-ring (bicyclic) bond motifs is 3. The molecule has 6 nitrogen and oxygen atoms in total. The highest BCUT2D eigenvalue weighted by molar-refractivity contribution is 7.07. The number of benzene rings is 2. The van der Waals surface area contributed by atoms with E-state index in [4.69, 9.17) is 4.74 Å². The monoisotopic (exact) mass is 410 g/mol. The van der Waals surface area contributed by atoms with Crippen LogP contribution in [-0.2, 0) is 4.74 Å². The van der Waals surface area contributed by atoms with E-state index in [0.29, 0.717) is 5.69 Å². The Balaban J connectivity index is 1.29. The third-order valence-electron chi connectivity index (χ3n) is 5.17. The number of carbonyl (C=O) groups is 1. The summed E-state index contributed by atoms with van der Waals surface area (Å²) < 4.78 is 5.45. The van der Waals surface area contributed by atoms with E-state index in [1.54, 1.807) is 10.9 Å². The SMILES string of the molecule is O=C(NCCC(O)C(O)c1cscn1)OCC1c2ccccc2-c2ccccc21. The lowest BCUT2D eigenvalue weighted by atomic mass is 9.98. The van der Waals surface area contributed by atoms with Crippen molar-refractivity contribution in [1.82, 2.24) is 10.3 Å². The predicted molar refractivity (Wildman–Crippen MR) is 111 cm³/mol. The number of alkyl carbamates (subject to hydrolysis) is 1. The highest BCUT2D eigenvalue weighted by Crippen LogP contribution is 2.44. The highest BCUT2D eigenvalue weighted by atomic mass is 32.1. The Hall–Kier alpha value is -2.74. The molecule has 7 heteroatoms. The number of nitrogens with zero attached hydrogens (tertiary/aromatic N) is 1. The van der Waals surface area contributed by atoms with E-state index < -0.39 is 18.3 Å². The number of aliphatic hydroxyl groups is 2. The first kappa shape index (κ1) is 19.6. The molecule has 0 radical (unpaired) electrons. The van der Waals surface area contributed by atoms with Crippen LogP contribution in [0, 0.1) is 0 Å². The maximum Gasteiger partial charge on any atom is 0.407 e. The molecule has 2 atom stereocenters. The smallest absolute Gasteiger partial charge is 0.407 e. The van der Waals surface area contributed by atoms with Gasteiger partial charge in [-0.05, 0) is 28.7 Å². The highest BCUT2D eigenvalue weighted by Gasteiger charge is 2.29. The second-order valence-electron chi connectivity index (χ2n) is 6.97. The summed E-state index contributed by atoms with van der Waals surface area (Å²) >= 11 is 1.35. The van der Waals surface area contributed by atoms with Crippen molar-refractivity contribution in [3.63, 3.8) is 0 Å². The summed E-state index contributed by atoms with van der Waals surface area (Å²) in [6, 6.07) is 16.3. The van der Waals surface area contributed by atoms with E-state index in [-0.39, 0.29) is 25.5 Å². The molecule has 3 aromatic rings. The summed E-state index contributed by atoms with van der Waals surface area (Å²) in [5.74, 6) is 0.00484. The number of ether oxygens (including phenoxy) is 1. The van der Waals surface area contributed by atoms with Crippen LogP contribution in [-0.4, -0.2) is 40.5 Å². The lowest BCUT2D eigenvalue weighted by molar-refractivity contribution is 0.0115. The molecule has 1 heterocycles. The summed E-state index contributed by atoms with van der Waals surface area (Å²) in [6.07, 6.45) is -2.41. The molecular weight excluding hydrogens is 388 g/mol. The van der Waals surface area contributed by atoms with E-state index in [9.17, 15) is 15.0 Å². The van der Waals surface area contributed by atoms with Crippen LogP contribution >= 0.6 is 11.3 Å². The fraction of sp³-hybridized carbons (Fsp3) is 0.273. The third-order valence-corrected chi connectivity index (χ3v) is 5.78. The predicted octanol–water partition coefficient (Wildman–Crippen LogP) is 3.47. The van der Waals surface area contributed by atoms with E-state index in [2.05, 4.69) is 34.6 Å². The van der Waals surface area contributed by atoms with E-state index in [1.807, 2.05) is 24.3 Å². The molecule has 0 aliphatic heterocycles. The van der Waals surface area contributed by atoms with Gasteiger partial charge in [0, 0.05) is 17.8 Å². The molecule has 3 N–H and O–H groups in total. The Morgan fingerprint density at radius 2 is 1.76 bits per heavy atom. The van der Waals surface area contributed by atoms with Gasteiger partial charge in [-0.15, -0.1) is 11.3 Å². The van der Waals surface area contributed by atoms with Crippen molar-refractivity contribution in [2.75, 3.05) is 13.2 Å². The molecule has 0 spiro atoms. The fourth-order valence-corrected chi connectivity index (χ4v) is 4.28. The van der Waals surface area contributed by atoms with Crippen LogP contribution in [0.3, 0.4) is 0 Å². The Kier molecular flexibility index (Phi) is 5.89. The lowest BCUT2D eigenvalue weighted by Gasteiger charge is -2.17. The summed E-state index contributed by atoms with van der Waals surface area (Å²) in [5, 5.41) is 24.4. The van der Waals surface area contributed by atoms with Gasteiger partial charge in [-0.25, -0.2) is 9.78 Å². The number of aromatic nitrogens is 1. The molecule has 0 fully saturated rings. The fourth-order valence-electron chi connectivity index (χ4n) is 3.69. The molecule has 150 valence electrons. The normalized spacial score (nSPS) is 14.7. The minimum Gasteiger partial charge on any atom is -0.449 e. The van der Waals surface area contributed by atoms with Crippen molar-refractivity contribution >= 4 is 17.4 Å². The van der Waals surface area contributed by atoms with Crippen LogP contribution in [0.25, 0.3) is 11.1 Å². The Morgan fingerprint density at radius 3 is 2.38 bits per heavy atom. The summed E-state index contributed by atoms with van der Waals surface area (Å²) in [7, 11) is 0. The van der Waals surface area contributed by atoms with E-state index in [0.717, 1.165) is 11.1 Å². The Labute approximate surface area is 172 Å². The van der Waals surface area contributed by atoms with Crippen molar-refractivity contribution in [2.45, 2.75) is 24.5 Å². The molecule has 2 unspecified atom stereocenters. The molecule has 1 aliphatic rings. The standard InChI is InChI=1S/C22H22N2O4S/c25-20(21(26)19-12-29-13-24-19)9-10-23-22(27)28-11-18-16-7-3-1-5-14(16)15-6-2-4-8-17(15)18/h1-8,12-13,18,20-21,25-26H,9-11H2,(H,23,27). The van der Waals surface area contributed by atoms with Gasteiger partial charge in [-0.3, -0.25) is 0 Å². The minimum atomic E-state index is -1.06. The number of thiazole rings is 1. The maximum atomic E-state index is 12.1.